The van der Waals surface area contributed by atoms with Gasteiger partial charge in [-0.2, -0.15) is 11.8 Å². The van der Waals surface area contributed by atoms with Crippen molar-refractivity contribution in [2.45, 2.75) is 11.8 Å². The Kier molecular flexibility index (Phi) is 4.53. The zero-order chi connectivity index (χ0) is 9.68. The van der Waals surface area contributed by atoms with Crippen molar-refractivity contribution in [2.24, 2.45) is 0 Å². The molecule has 0 aliphatic rings. The number of rotatable bonds is 4. The fraction of sp³-hybridized carbons (Fsp3) is 0.400. The van der Waals surface area contributed by atoms with Crippen molar-refractivity contribution in [3.8, 4) is 0 Å². The summed E-state index contributed by atoms with van der Waals surface area (Å²) in [5.74, 6) is 2.31. The van der Waals surface area contributed by atoms with Gasteiger partial charge in [-0.15, -0.1) is 11.8 Å². The molecule has 0 saturated carbocycles. The molecule has 0 radical (unpaired) electrons. The second kappa shape index (κ2) is 5.45. The quantitative estimate of drug-likeness (QED) is 0.473. The van der Waals surface area contributed by atoms with Crippen molar-refractivity contribution < 1.29 is 0 Å². The number of benzene rings is 1. The second-order valence-electron chi connectivity index (χ2n) is 2.83. The fourth-order valence-corrected chi connectivity index (χ4v) is 2.73. The van der Waals surface area contributed by atoms with Crippen LogP contribution in [0, 0.1) is 6.92 Å². The highest BCUT2D eigenvalue weighted by molar-refractivity contribution is 8.02. The number of hydrogen-bond donors (Lipinski definition) is 1. The number of hydrogen-bond acceptors (Lipinski definition) is 3. The lowest BCUT2D eigenvalue weighted by atomic mass is 10.2. The summed E-state index contributed by atoms with van der Waals surface area (Å²) >= 11 is 3.71. The molecular formula is C10H15NS2. The van der Waals surface area contributed by atoms with Gasteiger partial charge < -0.3 is 5.73 Å². The van der Waals surface area contributed by atoms with Crippen molar-refractivity contribution in [1.82, 2.24) is 0 Å². The number of aryl methyl sites for hydroxylation is 1. The maximum Gasteiger partial charge on any atom is 0.0481 e. The van der Waals surface area contributed by atoms with Crippen LogP contribution in [-0.4, -0.2) is 17.8 Å². The van der Waals surface area contributed by atoms with Crippen LogP contribution in [0.2, 0.25) is 0 Å². The zero-order valence-corrected chi connectivity index (χ0v) is 9.67. The Morgan fingerprint density at radius 2 is 2.08 bits per heavy atom. The first-order valence-electron chi connectivity index (χ1n) is 4.22. The molecule has 72 valence electrons. The lowest BCUT2D eigenvalue weighted by Gasteiger charge is -2.06. The van der Waals surface area contributed by atoms with Crippen LogP contribution in [0.1, 0.15) is 5.56 Å². The first kappa shape index (κ1) is 10.8. The molecule has 0 saturated heterocycles. The first-order valence-corrected chi connectivity index (χ1v) is 6.60. The molecule has 2 N–H and O–H groups in total. The highest BCUT2D eigenvalue weighted by Crippen LogP contribution is 2.27. The first-order chi connectivity index (χ1) is 6.25. The molecule has 0 aromatic heterocycles. The Bertz CT molecular complexity index is 274. The normalized spacial score (nSPS) is 10.3. The Morgan fingerprint density at radius 1 is 1.31 bits per heavy atom. The van der Waals surface area contributed by atoms with Crippen LogP contribution in [-0.2, 0) is 0 Å². The second-order valence-corrected chi connectivity index (χ2v) is 4.95. The minimum atomic E-state index is 0.939. The van der Waals surface area contributed by atoms with E-state index in [4.69, 9.17) is 5.73 Å². The van der Waals surface area contributed by atoms with Crippen LogP contribution in [0.5, 0.6) is 0 Å². The largest absolute Gasteiger partial charge is 0.398 e. The van der Waals surface area contributed by atoms with E-state index < -0.39 is 0 Å². The summed E-state index contributed by atoms with van der Waals surface area (Å²) in [6, 6.07) is 6.20. The van der Waals surface area contributed by atoms with E-state index >= 15 is 0 Å². The van der Waals surface area contributed by atoms with E-state index in [0.29, 0.717) is 0 Å². The molecule has 1 nitrogen and oxygen atoms in total. The minimum absolute atomic E-state index is 0.939. The van der Waals surface area contributed by atoms with Gasteiger partial charge in [0.1, 0.15) is 0 Å². The molecule has 0 aliphatic heterocycles. The molecule has 0 amide bonds. The Labute approximate surface area is 88.5 Å². The van der Waals surface area contributed by atoms with Gasteiger partial charge >= 0.3 is 0 Å². The Balaban J connectivity index is 2.61. The lowest BCUT2D eigenvalue weighted by molar-refractivity contribution is 1.36. The van der Waals surface area contributed by atoms with Crippen molar-refractivity contribution in [1.29, 1.82) is 0 Å². The molecule has 1 aromatic carbocycles. The van der Waals surface area contributed by atoms with Crippen molar-refractivity contribution >= 4 is 29.2 Å². The predicted molar refractivity (Wildman–Crippen MR) is 64.7 cm³/mol. The maximum absolute atomic E-state index is 5.94. The number of nitrogen functional groups attached to an aromatic ring is 1. The molecular weight excluding hydrogens is 198 g/mol. The minimum Gasteiger partial charge on any atom is -0.398 e. The summed E-state index contributed by atoms with van der Waals surface area (Å²) in [6.07, 6.45) is 2.13. The highest BCUT2D eigenvalue weighted by atomic mass is 32.2. The molecule has 0 heterocycles. The molecule has 0 spiro atoms. The van der Waals surface area contributed by atoms with E-state index in [1.54, 1.807) is 0 Å². The van der Waals surface area contributed by atoms with Gasteiger partial charge in [0.2, 0.25) is 0 Å². The van der Waals surface area contributed by atoms with Gasteiger partial charge in [-0.3, -0.25) is 0 Å². The SMILES string of the molecule is CSCCSc1cccc(C)c1N. The van der Waals surface area contributed by atoms with Gasteiger partial charge in [0.15, 0.2) is 0 Å². The van der Waals surface area contributed by atoms with E-state index in [2.05, 4.69) is 18.4 Å². The van der Waals surface area contributed by atoms with Gasteiger partial charge in [-0.25, -0.2) is 0 Å². The molecule has 1 rings (SSSR count). The van der Waals surface area contributed by atoms with Crippen molar-refractivity contribution in [3.05, 3.63) is 23.8 Å². The van der Waals surface area contributed by atoms with Crippen LogP contribution in [0.15, 0.2) is 23.1 Å². The van der Waals surface area contributed by atoms with Crippen molar-refractivity contribution in [2.75, 3.05) is 23.5 Å². The maximum atomic E-state index is 5.94. The number of nitrogens with two attached hydrogens (primary N) is 1. The highest BCUT2D eigenvalue weighted by Gasteiger charge is 2.00. The van der Waals surface area contributed by atoms with E-state index in [1.807, 2.05) is 36.5 Å². The Morgan fingerprint density at radius 3 is 2.77 bits per heavy atom. The third kappa shape index (κ3) is 3.16. The molecule has 0 unspecified atom stereocenters. The average Bonchev–Trinajstić information content (AvgIpc) is 2.13. The molecule has 3 heteroatoms. The monoisotopic (exact) mass is 213 g/mol. The number of anilines is 1. The summed E-state index contributed by atoms with van der Waals surface area (Å²) in [4.78, 5) is 1.22. The third-order valence-electron chi connectivity index (χ3n) is 1.83. The molecule has 0 bridgehead atoms. The predicted octanol–water partition coefficient (Wildman–Crippen LogP) is 3.03. The number of thioether (sulfide) groups is 2. The van der Waals surface area contributed by atoms with E-state index in [0.717, 1.165) is 11.4 Å². The zero-order valence-electron chi connectivity index (χ0n) is 8.04. The molecule has 0 aliphatic carbocycles. The van der Waals surface area contributed by atoms with Crippen molar-refractivity contribution in [3.63, 3.8) is 0 Å². The van der Waals surface area contributed by atoms with Gasteiger partial charge in [0, 0.05) is 22.1 Å². The van der Waals surface area contributed by atoms with Crippen LogP contribution in [0.25, 0.3) is 0 Å². The summed E-state index contributed by atoms with van der Waals surface area (Å²) in [6.45, 7) is 2.05. The fourth-order valence-electron chi connectivity index (χ4n) is 1.01. The van der Waals surface area contributed by atoms with E-state index in [1.165, 1.54) is 16.2 Å². The summed E-state index contributed by atoms with van der Waals surface area (Å²) in [7, 11) is 0. The Hall–Kier alpha value is -0.280. The summed E-state index contributed by atoms with van der Waals surface area (Å²) in [5.41, 5.74) is 8.05. The van der Waals surface area contributed by atoms with Crippen LogP contribution < -0.4 is 5.73 Å². The molecule has 1 aromatic rings. The van der Waals surface area contributed by atoms with Crippen LogP contribution in [0.4, 0.5) is 5.69 Å². The third-order valence-corrected chi connectivity index (χ3v) is 3.78. The van der Waals surface area contributed by atoms with Gasteiger partial charge in [0.25, 0.3) is 0 Å². The summed E-state index contributed by atoms with van der Waals surface area (Å²) in [5, 5.41) is 0. The summed E-state index contributed by atoms with van der Waals surface area (Å²) < 4.78 is 0. The molecule has 0 fully saturated rings. The van der Waals surface area contributed by atoms with E-state index in [-0.39, 0.29) is 0 Å². The van der Waals surface area contributed by atoms with Crippen LogP contribution in [0.3, 0.4) is 0 Å². The standard InChI is InChI=1S/C10H15NS2/c1-8-4-3-5-9(10(8)11)13-7-6-12-2/h3-5H,6-7,11H2,1-2H3. The van der Waals surface area contributed by atoms with Gasteiger partial charge in [-0.1, -0.05) is 12.1 Å². The van der Waals surface area contributed by atoms with Crippen LogP contribution >= 0.6 is 23.5 Å². The molecule has 0 atom stereocenters. The smallest absolute Gasteiger partial charge is 0.0481 e. The molecule has 13 heavy (non-hydrogen) atoms. The average molecular weight is 213 g/mol. The number of para-hydroxylation sites is 1. The van der Waals surface area contributed by atoms with Gasteiger partial charge in [-0.05, 0) is 24.8 Å². The van der Waals surface area contributed by atoms with Gasteiger partial charge in [0.05, 0.1) is 0 Å². The lowest BCUT2D eigenvalue weighted by Crippen LogP contribution is -1.93. The van der Waals surface area contributed by atoms with E-state index in [9.17, 15) is 0 Å². The topological polar surface area (TPSA) is 26.0 Å².